The fraction of sp³-hybridized carbons (Fsp3) is 0.625. The van der Waals surface area contributed by atoms with E-state index in [0.717, 1.165) is 19.5 Å². The second kappa shape index (κ2) is 6.04. The molecule has 0 bridgehead atoms. The molecular formula is C16H24N2O. The van der Waals surface area contributed by atoms with E-state index in [9.17, 15) is 0 Å². The Hall–Kier alpha value is -0.900. The highest BCUT2D eigenvalue weighted by Gasteiger charge is 2.26. The molecule has 1 N–H and O–H groups in total. The molecule has 1 fully saturated rings. The van der Waals surface area contributed by atoms with Gasteiger partial charge < -0.3 is 15.0 Å². The summed E-state index contributed by atoms with van der Waals surface area (Å²) in [5, 5.41) is 3.58. The highest BCUT2D eigenvalue weighted by molar-refractivity contribution is 5.28. The van der Waals surface area contributed by atoms with Gasteiger partial charge in [-0.3, -0.25) is 0 Å². The molecule has 2 atom stereocenters. The largest absolute Gasteiger partial charge is 0.380 e. The normalized spacial score (nSPS) is 28.1. The highest BCUT2D eigenvalue weighted by atomic mass is 16.5. The SMILES string of the molecule is COC1CNC(CN2CCc3ccccc3CC2)C1. The minimum absolute atomic E-state index is 0.411. The van der Waals surface area contributed by atoms with Gasteiger partial charge in [-0.15, -0.1) is 0 Å². The van der Waals surface area contributed by atoms with Gasteiger partial charge in [0, 0.05) is 39.3 Å². The first-order valence-corrected chi connectivity index (χ1v) is 7.40. The van der Waals surface area contributed by atoms with Gasteiger partial charge in [0.2, 0.25) is 0 Å². The first-order valence-electron chi connectivity index (χ1n) is 7.40. The summed E-state index contributed by atoms with van der Waals surface area (Å²) >= 11 is 0. The summed E-state index contributed by atoms with van der Waals surface area (Å²) in [6.45, 7) is 4.54. The molecule has 0 radical (unpaired) electrons. The van der Waals surface area contributed by atoms with Gasteiger partial charge in [0.25, 0.3) is 0 Å². The van der Waals surface area contributed by atoms with E-state index < -0.39 is 0 Å². The van der Waals surface area contributed by atoms with Crippen LogP contribution in [-0.4, -0.2) is 50.3 Å². The van der Waals surface area contributed by atoms with Crippen LogP contribution < -0.4 is 5.32 Å². The fourth-order valence-corrected chi connectivity index (χ4v) is 3.31. The van der Waals surface area contributed by atoms with Crippen LogP contribution >= 0.6 is 0 Å². The molecule has 104 valence electrons. The van der Waals surface area contributed by atoms with Gasteiger partial charge in [-0.05, 0) is 30.4 Å². The Morgan fingerprint density at radius 1 is 1.21 bits per heavy atom. The molecule has 0 amide bonds. The van der Waals surface area contributed by atoms with Gasteiger partial charge in [0.05, 0.1) is 6.10 Å². The van der Waals surface area contributed by atoms with Crippen molar-refractivity contribution in [3.63, 3.8) is 0 Å². The molecule has 2 aliphatic rings. The molecule has 0 aromatic heterocycles. The van der Waals surface area contributed by atoms with Gasteiger partial charge in [0.15, 0.2) is 0 Å². The molecule has 2 aliphatic heterocycles. The number of ether oxygens (including phenoxy) is 1. The van der Waals surface area contributed by atoms with E-state index in [4.69, 9.17) is 4.74 Å². The van der Waals surface area contributed by atoms with E-state index in [1.807, 2.05) is 7.11 Å². The topological polar surface area (TPSA) is 24.5 Å². The summed E-state index contributed by atoms with van der Waals surface area (Å²) in [5.41, 5.74) is 3.08. The smallest absolute Gasteiger partial charge is 0.0711 e. The number of hydrogen-bond donors (Lipinski definition) is 1. The molecule has 2 heterocycles. The number of benzene rings is 1. The van der Waals surface area contributed by atoms with Gasteiger partial charge in [-0.2, -0.15) is 0 Å². The zero-order valence-corrected chi connectivity index (χ0v) is 11.8. The lowest BCUT2D eigenvalue weighted by Crippen LogP contribution is -2.38. The zero-order valence-electron chi connectivity index (χ0n) is 11.8. The third-order valence-corrected chi connectivity index (χ3v) is 4.51. The second-order valence-electron chi connectivity index (χ2n) is 5.77. The lowest BCUT2D eigenvalue weighted by molar-refractivity contribution is 0.115. The van der Waals surface area contributed by atoms with Gasteiger partial charge in [0.1, 0.15) is 0 Å². The van der Waals surface area contributed by atoms with Crippen molar-refractivity contribution in [2.24, 2.45) is 0 Å². The Bertz CT molecular complexity index is 394. The average Bonchev–Trinajstić information content (AvgIpc) is 2.80. The van der Waals surface area contributed by atoms with Crippen molar-refractivity contribution >= 4 is 0 Å². The van der Waals surface area contributed by atoms with E-state index >= 15 is 0 Å². The van der Waals surface area contributed by atoms with Crippen LogP contribution in [0.15, 0.2) is 24.3 Å². The minimum atomic E-state index is 0.411. The van der Waals surface area contributed by atoms with E-state index in [1.54, 1.807) is 11.1 Å². The molecule has 1 aromatic carbocycles. The van der Waals surface area contributed by atoms with E-state index in [0.29, 0.717) is 12.1 Å². The molecule has 2 unspecified atom stereocenters. The Labute approximate surface area is 115 Å². The minimum Gasteiger partial charge on any atom is -0.380 e. The van der Waals surface area contributed by atoms with Crippen LogP contribution in [0.25, 0.3) is 0 Å². The lowest BCUT2D eigenvalue weighted by atomic mass is 10.0. The van der Waals surface area contributed by atoms with Gasteiger partial charge in [-0.25, -0.2) is 0 Å². The molecule has 3 heteroatoms. The summed E-state index contributed by atoms with van der Waals surface area (Å²) in [6.07, 6.45) is 3.95. The first kappa shape index (κ1) is 13.1. The highest BCUT2D eigenvalue weighted by Crippen LogP contribution is 2.17. The summed E-state index contributed by atoms with van der Waals surface area (Å²) < 4.78 is 5.42. The lowest BCUT2D eigenvalue weighted by Gasteiger charge is -2.23. The maximum Gasteiger partial charge on any atom is 0.0711 e. The summed E-state index contributed by atoms with van der Waals surface area (Å²) in [4.78, 5) is 2.61. The molecule has 3 nitrogen and oxygen atoms in total. The predicted molar refractivity (Wildman–Crippen MR) is 77.5 cm³/mol. The molecule has 1 aromatic rings. The Morgan fingerprint density at radius 2 is 1.89 bits per heavy atom. The predicted octanol–water partition coefficient (Wildman–Crippen LogP) is 1.46. The Balaban J connectivity index is 1.55. The number of nitrogens with one attached hydrogen (secondary N) is 1. The number of rotatable bonds is 3. The standard InChI is InChI=1S/C16H24N2O/c1-19-16-10-15(17-11-16)12-18-8-6-13-4-2-3-5-14(13)7-9-18/h2-5,15-17H,6-12H2,1H3. The van der Waals surface area contributed by atoms with Crippen LogP contribution in [0.2, 0.25) is 0 Å². The molecule has 19 heavy (non-hydrogen) atoms. The third-order valence-electron chi connectivity index (χ3n) is 4.51. The van der Waals surface area contributed by atoms with Crippen molar-refractivity contribution in [2.75, 3.05) is 33.3 Å². The Kier molecular flexibility index (Phi) is 4.16. The Morgan fingerprint density at radius 3 is 2.47 bits per heavy atom. The van der Waals surface area contributed by atoms with Crippen LogP contribution in [0.3, 0.4) is 0 Å². The molecule has 3 rings (SSSR count). The average molecular weight is 260 g/mol. The van der Waals surface area contributed by atoms with Crippen LogP contribution in [0.1, 0.15) is 17.5 Å². The van der Waals surface area contributed by atoms with E-state index in [2.05, 4.69) is 34.5 Å². The molecule has 1 saturated heterocycles. The molecular weight excluding hydrogens is 236 g/mol. The van der Waals surface area contributed by atoms with Crippen molar-refractivity contribution in [1.29, 1.82) is 0 Å². The van der Waals surface area contributed by atoms with E-state index in [-0.39, 0.29) is 0 Å². The maximum absolute atomic E-state index is 5.42. The van der Waals surface area contributed by atoms with Gasteiger partial charge in [-0.1, -0.05) is 24.3 Å². The number of fused-ring (bicyclic) bond motifs is 1. The van der Waals surface area contributed by atoms with Gasteiger partial charge >= 0.3 is 0 Å². The summed E-state index contributed by atoms with van der Waals surface area (Å²) in [7, 11) is 1.82. The van der Waals surface area contributed by atoms with Crippen molar-refractivity contribution in [3.8, 4) is 0 Å². The monoisotopic (exact) mass is 260 g/mol. The number of nitrogens with zero attached hydrogens (tertiary/aromatic N) is 1. The summed E-state index contributed by atoms with van der Waals surface area (Å²) in [5.74, 6) is 0. The number of hydrogen-bond acceptors (Lipinski definition) is 3. The van der Waals surface area contributed by atoms with Crippen molar-refractivity contribution in [1.82, 2.24) is 10.2 Å². The fourth-order valence-electron chi connectivity index (χ4n) is 3.31. The second-order valence-corrected chi connectivity index (χ2v) is 5.77. The number of methoxy groups -OCH3 is 1. The molecule has 0 saturated carbocycles. The van der Waals surface area contributed by atoms with Crippen LogP contribution in [0, 0.1) is 0 Å². The molecule has 0 aliphatic carbocycles. The van der Waals surface area contributed by atoms with Crippen molar-refractivity contribution in [2.45, 2.75) is 31.4 Å². The van der Waals surface area contributed by atoms with E-state index in [1.165, 1.54) is 25.9 Å². The molecule has 0 spiro atoms. The van der Waals surface area contributed by atoms with Crippen molar-refractivity contribution < 1.29 is 4.74 Å². The maximum atomic E-state index is 5.42. The van der Waals surface area contributed by atoms with Crippen LogP contribution in [0.5, 0.6) is 0 Å². The van der Waals surface area contributed by atoms with Crippen LogP contribution in [-0.2, 0) is 17.6 Å². The van der Waals surface area contributed by atoms with Crippen LogP contribution in [0.4, 0.5) is 0 Å². The van der Waals surface area contributed by atoms with Crippen molar-refractivity contribution in [3.05, 3.63) is 35.4 Å². The summed E-state index contributed by atoms with van der Waals surface area (Å²) in [6, 6.07) is 9.50. The first-order chi connectivity index (χ1) is 9.35. The third kappa shape index (κ3) is 3.16. The quantitative estimate of drug-likeness (QED) is 0.890. The zero-order chi connectivity index (χ0) is 13.1.